The molecule has 0 radical (unpaired) electrons. The molecule has 0 fully saturated rings. The standard InChI is InChI=1S/C21H12ClF3N4OS/c1-11-16(10-17(30-11)12-5-7-15(22)8-6-12)19-28-29-18(26-27-20(29)31-19)13-3-2-4-14(9-13)21(23,24)25/h2-10H,1H3. The summed E-state index contributed by atoms with van der Waals surface area (Å²) in [6.45, 7) is 1.82. The van der Waals surface area contributed by atoms with E-state index in [1.807, 2.05) is 25.1 Å². The van der Waals surface area contributed by atoms with Gasteiger partial charge in [0.15, 0.2) is 10.8 Å². The number of fused-ring (bicyclic) bond motifs is 1. The van der Waals surface area contributed by atoms with Crippen molar-refractivity contribution in [3.8, 4) is 33.3 Å². The minimum atomic E-state index is -4.45. The van der Waals surface area contributed by atoms with Gasteiger partial charge in [0.05, 0.1) is 11.1 Å². The van der Waals surface area contributed by atoms with Gasteiger partial charge in [-0.1, -0.05) is 35.1 Å². The molecule has 0 aliphatic heterocycles. The van der Waals surface area contributed by atoms with Crippen LogP contribution < -0.4 is 0 Å². The molecule has 0 spiro atoms. The van der Waals surface area contributed by atoms with Crippen LogP contribution in [0.3, 0.4) is 0 Å². The summed E-state index contributed by atoms with van der Waals surface area (Å²) in [6, 6.07) is 14.1. The Bertz CT molecular complexity index is 1400. The van der Waals surface area contributed by atoms with Crippen molar-refractivity contribution in [3.63, 3.8) is 0 Å². The van der Waals surface area contributed by atoms with Crippen LogP contribution in [-0.2, 0) is 6.18 Å². The van der Waals surface area contributed by atoms with Crippen LogP contribution in [0.1, 0.15) is 11.3 Å². The summed E-state index contributed by atoms with van der Waals surface area (Å²) in [5.41, 5.74) is 1.17. The Balaban J connectivity index is 1.56. The van der Waals surface area contributed by atoms with Gasteiger partial charge in [0, 0.05) is 16.1 Å². The lowest BCUT2D eigenvalue weighted by molar-refractivity contribution is -0.137. The molecule has 31 heavy (non-hydrogen) atoms. The fraction of sp³-hybridized carbons (Fsp3) is 0.0952. The molecule has 3 heterocycles. The van der Waals surface area contributed by atoms with Crippen LogP contribution in [0.2, 0.25) is 5.02 Å². The number of furan rings is 1. The zero-order chi connectivity index (χ0) is 21.8. The first-order chi connectivity index (χ1) is 14.8. The molecule has 5 aromatic rings. The van der Waals surface area contributed by atoms with Gasteiger partial charge < -0.3 is 4.42 Å². The van der Waals surface area contributed by atoms with Crippen molar-refractivity contribution < 1.29 is 17.6 Å². The Morgan fingerprint density at radius 3 is 2.52 bits per heavy atom. The molecule has 0 aliphatic rings. The van der Waals surface area contributed by atoms with Crippen molar-refractivity contribution in [2.45, 2.75) is 13.1 Å². The Morgan fingerprint density at radius 2 is 1.77 bits per heavy atom. The molecule has 5 nitrogen and oxygen atoms in total. The summed E-state index contributed by atoms with van der Waals surface area (Å²) >= 11 is 7.22. The minimum absolute atomic E-state index is 0.239. The van der Waals surface area contributed by atoms with Crippen LogP contribution in [0.25, 0.3) is 38.2 Å². The average Bonchev–Trinajstić information content (AvgIpc) is 3.41. The van der Waals surface area contributed by atoms with Crippen molar-refractivity contribution >= 4 is 27.9 Å². The Labute approximate surface area is 182 Å². The highest BCUT2D eigenvalue weighted by Gasteiger charge is 2.31. The van der Waals surface area contributed by atoms with Gasteiger partial charge in [-0.2, -0.15) is 22.8 Å². The number of halogens is 4. The third-order valence-electron chi connectivity index (χ3n) is 4.72. The lowest BCUT2D eigenvalue weighted by atomic mass is 10.1. The third kappa shape index (κ3) is 3.60. The summed E-state index contributed by atoms with van der Waals surface area (Å²) in [7, 11) is 0. The van der Waals surface area contributed by atoms with Gasteiger partial charge in [0.25, 0.3) is 0 Å². The van der Waals surface area contributed by atoms with E-state index in [0.717, 1.165) is 23.3 Å². The molecule has 0 saturated heterocycles. The summed E-state index contributed by atoms with van der Waals surface area (Å²) < 4.78 is 46.6. The lowest BCUT2D eigenvalue weighted by Gasteiger charge is -2.07. The Morgan fingerprint density at radius 1 is 1.00 bits per heavy atom. The number of alkyl halides is 3. The van der Waals surface area contributed by atoms with Gasteiger partial charge in [0.2, 0.25) is 4.96 Å². The van der Waals surface area contributed by atoms with Crippen LogP contribution >= 0.6 is 22.9 Å². The Hall–Kier alpha value is -3.17. The van der Waals surface area contributed by atoms with Crippen molar-refractivity contribution in [1.82, 2.24) is 19.8 Å². The van der Waals surface area contributed by atoms with Crippen LogP contribution in [-0.4, -0.2) is 19.8 Å². The fourth-order valence-corrected chi connectivity index (χ4v) is 4.22. The normalized spacial score (nSPS) is 12.0. The van der Waals surface area contributed by atoms with Gasteiger partial charge >= 0.3 is 6.18 Å². The maximum atomic E-state index is 13.1. The number of aryl methyl sites for hydroxylation is 1. The minimum Gasteiger partial charge on any atom is -0.461 e. The lowest BCUT2D eigenvalue weighted by Crippen LogP contribution is -2.05. The molecular weight excluding hydrogens is 449 g/mol. The molecule has 0 bridgehead atoms. The van der Waals surface area contributed by atoms with Gasteiger partial charge in [-0.3, -0.25) is 0 Å². The molecule has 10 heteroatoms. The number of aromatic nitrogens is 4. The largest absolute Gasteiger partial charge is 0.461 e. The molecule has 5 rings (SSSR count). The molecule has 2 aromatic carbocycles. The monoisotopic (exact) mass is 460 g/mol. The molecule has 0 aliphatic carbocycles. The zero-order valence-corrected chi connectivity index (χ0v) is 17.4. The van der Waals surface area contributed by atoms with Crippen molar-refractivity contribution in [1.29, 1.82) is 0 Å². The van der Waals surface area contributed by atoms with E-state index in [2.05, 4.69) is 15.3 Å². The topological polar surface area (TPSA) is 56.2 Å². The number of rotatable bonds is 3. The van der Waals surface area contributed by atoms with Gasteiger partial charge in [0.1, 0.15) is 11.5 Å². The van der Waals surface area contributed by atoms with E-state index in [-0.39, 0.29) is 11.4 Å². The SMILES string of the molecule is Cc1oc(-c2ccc(Cl)cc2)cc1-c1nn2c(-c3cccc(C(F)(F)F)c3)nnc2s1. The molecule has 0 N–H and O–H groups in total. The predicted molar refractivity (Wildman–Crippen MR) is 112 cm³/mol. The molecule has 3 aromatic heterocycles. The maximum Gasteiger partial charge on any atom is 0.416 e. The highest BCUT2D eigenvalue weighted by atomic mass is 35.5. The summed E-state index contributed by atoms with van der Waals surface area (Å²) in [6.07, 6.45) is -4.45. The third-order valence-corrected chi connectivity index (χ3v) is 5.90. The van der Waals surface area contributed by atoms with Gasteiger partial charge in [-0.25, -0.2) is 0 Å². The van der Waals surface area contributed by atoms with Crippen LogP contribution in [0.4, 0.5) is 13.2 Å². The fourth-order valence-electron chi connectivity index (χ4n) is 3.19. The first-order valence-corrected chi connectivity index (χ1v) is 10.3. The van der Waals surface area contributed by atoms with Crippen LogP contribution in [0.15, 0.2) is 59.0 Å². The van der Waals surface area contributed by atoms with Crippen molar-refractivity contribution in [2.75, 3.05) is 0 Å². The molecule has 0 atom stereocenters. The first kappa shape index (κ1) is 19.8. The van der Waals surface area contributed by atoms with E-state index in [0.29, 0.717) is 26.5 Å². The Kier molecular flexibility index (Phi) is 4.60. The molecule has 0 unspecified atom stereocenters. The van der Waals surface area contributed by atoms with E-state index in [9.17, 15) is 13.2 Å². The number of nitrogens with zero attached hydrogens (tertiary/aromatic N) is 4. The highest BCUT2D eigenvalue weighted by molar-refractivity contribution is 7.19. The van der Waals surface area contributed by atoms with Crippen LogP contribution in [0.5, 0.6) is 0 Å². The zero-order valence-electron chi connectivity index (χ0n) is 15.8. The first-order valence-electron chi connectivity index (χ1n) is 9.06. The van der Waals surface area contributed by atoms with E-state index in [4.69, 9.17) is 16.0 Å². The number of benzene rings is 2. The predicted octanol–water partition coefficient (Wildman–Crippen LogP) is 6.76. The van der Waals surface area contributed by atoms with E-state index in [1.165, 1.54) is 21.9 Å². The quantitative estimate of drug-likeness (QED) is 0.298. The van der Waals surface area contributed by atoms with E-state index < -0.39 is 11.7 Å². The second-order valence-corrected chi connectivity index (χ2v) is 8.18. The van der Waals surface area contributed by atoms with Gasteiger partial charge in [-0.15, -0.1) is 10.2 Å². The summed E-state index contributed by atoms with van der Waals surface area (Å²) in [5, 5.41) is 13.9. The van der Waals surface area contributed by atoms with Gasteiger partial charge in [-0.05, 0) is 49.4 Å². The van der Waals surface area contributed by atoms with Crippen molar-refractivity contribution in [3.05, 3.63) is 70.9 Å². The molecule has 0 saturated carbocycles. The second-order valence-electron chi connectivity index (χ2n) is 6.79. The molecule has 156 valence electrons. The summed E-state index contributed by atoms with van der Waals surface area (Å²) in [5.74, 6) is 1.56. The average molecular weight is 461 g/mol. The number of hydrogen-bond donors (Lipinski definition) is 0. The second kappa shape index (κ2) is 7.21. The maximum absolute atomic E-state index is 13.1. The number of hydrogen-bond acceptors (Lipinski definition) is 5. The van der Waals surface area contributed by atoms with E-state index >= 15 is 0 Å². The molecular formula is C21H12ClF3N4OS. The summed E-state index contributed by atoms with van der Waals surface area (Å²) in [4.78, 5) is 0.469. The van der Waals surface area contributed by atoms with Crippen LogP contribution in [0, 0.1) is 6.92 Å². The smallest absolute Gasteiger partial charge is 0.416 e. The molecule has 0 amide bonds. The van der Waals surface area contributed by atoms with Crippen molar-refractivity contribution in [2.24, 2.45) is 0 Å². The highest BCUT2D eigenvalue weighted by Crippen LogP contribution is 2.36. The van der Waals surface area contributed by atoms with E-state index in [1.54, 1.807) is 18.2 Å².